The topological polar surface area (TPSA) is 96.8 Å². The van der Waals surface area contributed by atoms with Gasteiger partial charge in [0, 0.05) is 17.1 Å². The lowest BCUT2D eigenvalue weighted by Crippen LogP contribution is -2.27. The molecule has 0 bridgehead atoms. The summed E-state index contributed by atoms with van der Waals surface area (Å²) in [5.41, 5.74) is -0.0802. The van der Waals surface area contributed by atoms with E-state index in [1.807, 2.05) is 0 Å². The van der Waals surface area contributed by atoms with Crippen LogP contribution in [-0.2, 0) is 17.8 Å². The summed E-state index contributed by atoms with van der Waals surface area (Å²) in [4.78, 5) is 29.5. The Morgan fingerprint density at radius 1 is 1.06 bits per heavy atom. The van der Waals surface area contributed by atoms with Crippen LogP contribution in [0.4, 0.5) is 13.2 Å². The molecule has 0 aliphatic heterocycles. The fourth-order valence-corrected chi connectivity index (χ4v) is 3.71. The normalized spacial score (nSPS) is 11.6. The number of hydrogen-bond acceptors (Lipinski definition) is 6. The first kappa shape index (κ1) is 25.5. The predicted molar refractivity (Wildman–Crippen MR) is 124 cm³/mol. The van der Waals surface area contributed by atoms with Crippen molar-refractivity contribution in [3.05, 3.63) is 80.7 Å². The van der Waals surface area contributed by atoms with E-state index < -0.39 is 30.8 Å². The number of ether oxygens (including phenoxy) is 1. The number of methoxy groups -OCH3 is 1. The van der Waals surface area contributed by atoms with E-state index in [1.165, 1.54) is 31.4 Å². The number of carbonyl (C=O) groups excluding carboxylic acids is 1. The second-order valence-electron chi connectivity index (χ2n) is 7.49. The Morgan fingerprint density at radius 3 is 2.39 bits per heavy atom. The van der Waals surface area contributed by atoms with Gasteiger partial charge in [-0.05, 0) is 36.4 Å². The van der Waals surface area contributed by atoms with Crippen LogP contribution in [0.15, 0.2) is 53.3 Å². The zero-order valence-corrected chi connectivity index (χ0v) is 20.0. The van der Waals surface area contributed by atoms with Gasteiger partial charge in [0.1, 0.15) is 6.54 Å². The number of halogens is 5. The minimum atomic E-state index is -4.48. The SMILES string of the molecule is COC(=O)c1nc(Cn2nc(-c3ccc(Cl)cc3)n(CCC(F)(F)F)c2=O)nn1-c1ccccc1Cl. The molecule has 0 saturated carbocycles. The molecule has 2 aromatic carbocycles. The van der Waals surface area contributed by atoms with Gasteiger partial charge >= 0.3 is 17.8 Å². The minimum absolute atomic E-state index is 0.0134. The number of rotatable bonds is 7. The van der Waals surface area contributed by atoms with Crippen LogP contribution in [-0.4, -0.2) is 48.4 Å². The Labute approximate surface area is 211 Å². The van der Waals surface area contributed by atoms with Crippen molar-refractivity contribution in [2.24, 2.45) is 0 Å². The second-order valence-corrected chi connectivity index (χ2v) is 8.34. The van der Waals surface area contributed by atoms with Gasteiger partial charge in [-0.15, -0.1) is 10.2 Å². The monoisotopic (exact) mass is 540 g/mol. The van der Waals surface area contributed by atoms with E-state index in [0.717, 1.165) is 13.9 Å². The molecular weight excluding hydrogens is 524 g/mol. The van der Waals surface area contributed by atoms with E-state index in [2.05, 4.69) is 15.2 Å². The molecule has 4 aromatic rings. The maximum atomic E-state index is 13.1. The van der Waals surface area contributed by atoms with Crippen molar-refractivity contribution in [1.82, 2.24) is 29.1 Å². The number of nitrogens with zero attached hydrogens (tertiary/aromatic N) is 6. The third-order valence-corrected chi connectivity index (χ3v) is 5.61. The van der Waals surface area contributed by atoms with Gasteiger partial charge in [-0.3, -0.25) is 4.57 Å². The lowest BCUT2D eigenvalue weighted by molar-refractivity contribution is -0.136. The molecule has 4 rings (SSSR count). The number of carbonyl (C=O) groups is 1. The van der Waals surface area contributed by atoms with E-state index >= 15 is 0 Å². The van der Waals surface area contributed by atoms with Crippen molar-refractivity contribution in [3.8, 4) is 17.1 Å². The molecule has 0 N–H and O–H groups in total. The lowest BCUT2D eigenvalue weighted by Gasteiger charge is -2.08. The van der Waals surface area contributed by atoms with Crippen molar-refractivity contribution in [2.75, 3.05) is 7.11 Å². The van der Waals surface area contributed by atoms with E-state index in [1.54, 1.807) is 24.3 Å². The average molecular weight is 541 g/mol. The molecule has 2 aromatic heterocycles. The summed E-state index contributed by atoms with van der Waals surface area (Å²) < 4.78 is 46.6. The summed E-state index contributed by atoms with van der Waals surface area (Å²) in [5.74, 6) is -1.01. The molecule has 0 aliphatic carbocycles. The third-order valence-electron chi connectivity index (χ3n) is 5.03. The fraction of sp³-hybridized carbons (Fsp3) is 0.227. The van der Waals surface area contributed by atoms with Crippen LogP contribution in [0.3, 0.4) is 0 Å². The van der Waals surface area contributed by atoms with Crippen LogP contribution < -0.4 is 5.69 Å². The van der Waals surface area contributed by atoms with Crippen molar-refractivity contribution in [2.45, 2.75) is 25.7 Å². The number of para-hydroxylation sites is 1. The Kier molecular flexibility index (Phi) is 7.18. The maximum absolute atomic E-state index is 13.1. The van der Waals surface area contributed by atoms with E-state index in [0.29, 0.717) is 16.3 Å². The second kappa shape index (κ2) is 10.2. The summed E-state index contributed by atoms with van der Waals surface area (Å²) in [7, 11) is 1.17. The van der Waals surface area contributed by atoms with Gasteiger partial charge in [-0.25, -0.2) is 23.9 Å². The maximum Gasteiger partial charge on any atom is 0.390 e. The standard InChI is InChI=1S/C22H17Cl2F3N6O3/c1-36-20(34)19-28-17(29-33(19)16-5-3-2-4-15(16)24)12-32-21(35)31(11-10-22(25,26)27)18(30-32)13-6-8-14(23)9-7-13/h2-9H,10-12H2,1H3. The van der Waals surface area contributed by atoms with Gasteiger partial charge in [0.2, 0.25) is 5.82 Å². The Bertz CT molecular complexity index is 1460. The van der Waals surface area contributed by atoms with Gasteiger partial charge in [-0.1, -0.05) is 35.3 Å². The third kappa shape index (κ3) is 5.44. The molecule has 14 heteroatoms. The summed E-state index contributed by atoms with van der Waals surface area (Å²) in [6.45, 7) is -0.977. The smallest absolute Gasteiger partial charge is 0.390 e. The highest BCUT2D eigenvalue weighted by Gasteiger charge is 2.29. The van der Waals surface area contributed by atoms with E-state index in [4.69, 9.17) is 27.9 Å². The predicted octanol–water partition coefficient (Wildman–Crippen LogP) is 4.39. The number of esters is 1. The van der Waals surface area contributed by atoms with Crippen molar-refractivity contribution in [1.29, 1.82) is 0 Å². The van der Waals surface area contributed by atoms with Crippen molar-refractivity contribution < 1.29 is 22.7 Å². The Balaban J connectivity index is 1.77. The molecule has 0 aliphatic rings. The summed E-state index contributed by atoms with van der Waals surface area (Å²) in [5, 5.41) is 9.18. The van der Waals surface area contributed by atoms with Gasteiger partial charge in [-0.2, -0.15) is 13.2 Å². The van der Waals surface area contributed by atoms with E-state index in [9.17, 15) is 22.8 Å². The highest BCUT2D eigenvalue weighted by Crippen LogP contribution is 2.24. The molecule has 0 unspecified atom stereocenters. The molecule has 36 heavy (non-hydrogen) atoms. The molecule has 0 amide bonds. The zero-order valence-electron chi connectivity index (χ0n) is 18.5. The van der Waals surface area contributed by atoms with E-state index in [-0.39, 0.29) is 29.0 Å². The first-order valence-corrected chi connectivity index (χ1v) is 11.1. The zero-order chi connectivity index (χ0) is 26.0. The first-order chi connectivity index (χ1) is 17.1. The number of benzene rings is 2. The van der Waals surface area contributed by atoms with Crippen LogP contribution in [0, 0.1) is 0 Å². The van der Waals surface area contributed by atoms with Gasteiger partial charge in [0.25, 0.3) is 0 Å². The first-order valence-electron chi connectivity index (χ1n) is 10.4. The lowest BCUT2D eigenvalue weighted by atomic mass is 10.2. The van der Waals surface area contributed by atoms with Crippen LogP contribution in [0.5, 0.6) is 0 Å². The highest BCUT2D eigenvalue weighted by atomic mass is 35.5. The quantitative estimate of drug-likeness (QED) is 0.322. The fourth-order valence-electron chi connectivity index (χ4n) is 3.37. The van der Waals surface area contributed by atoms with Crippen LogP contribution in [0.2, 0.25) is 10.0 Å². The van der Waals surface area contributed by atoms with Crippen LogP contribution in [0.1, 0.15) is 22.9 Å². The molecule has 0 atom stereocenters. The Morgan fingerprint density at radius 2 is 1.75 bits per heavy atom. The van der Waals surface area contributed by atoms with Gasteiger partial charge in [0.15, 0.2) is 11.6 Å². The molecule has 188 valence electrons. The summed E-state index contributed by atoms with van der Waals surface area (Å²) >= 11 is 12.1. The van der Waals surface area contributed by atoms with Gasteiger partial charge < -0.3 is 4.74 Å². The molecule has 2 heterocycles. The van der Waals surface area contributed by atoms with Gasteiger partial charge in [0.05, 0.1) is 24.2 Å². The minimum Gasteiger partial charge on any atom is -0.463 e. The number of aromatic nitrogens is 6. The van der Waals surface area contributed by atoms with Crippen LogP contribution in [0.25, 0.3) is 17.1 Å². The largest absolute Gasteiger partial charge is 0.463 e. The molecular formula is C22H17Cl2F3N6O3. The molecule has 0 spiro atoms. The van der Waals surface area contributed by atoms with Crippen molar-refractivity contribution >= 4 is 29.2 Å². The molecule has 0 saturated heterocycles. The number of alkyl halides is 3. The van der Waals surface area contributed by atoms with Crippen LogP contribution >= 0.6 is 23.2 Å². The summed E-state index contributed by atoms with van der Waals surface area (Å²) in [6.07, 6.45) is -5.71. The average Bonchev–Trinajstić information content (AvgIpc) is 3.39. The molecule has 0 radical (unpaired) electrons. The molecule has 0 fully saturated rings. The summed E-state index contributed by atoms with van der Waals surface area (Å²) in [6, 6.07) is 12.7. The highest BCUT2D eigenvalue weighted by molar-refractivity contribution is 6.32. The van der Waals surface area contributed by atoms with Crippen molar-refractivity contribution in [3.63, 3.8) is 0 Å². The Hall–Kier alpha value is -3.64. The number of hydrogen-bond donors (Lipinski definition) is 0. The molecule has 9 nitrogen and oxygen atoms in total.